The van der Waals surface area contributed by atoms with Gasteiger partial charge in [0.1, 0.15) is 0 Å². The smallest absolute Gasteiger partial charge is 0.267 e. The van der Waals surface area contributed by atoms with Crippen LogP contribution in [0.15, 0.2) is 11.4 Å². The summed E-state index contributed by atoms with van der Waals surface area (Å²) in [4.78, 5) is 18.6. The molecule has 0 saturated carbocycles. The number of rotatable bonds is 3. The van der Waals surface area contributed by atoms with Crippen molar-refractivity contribution in [3.63, 3.8) is 0 Å². The summed E-state index contributed by atoms with van der Waals surface area (Å²) in [5, 5.41) is 5.53. The van der Waals surface area contributed by atoms with E-state index < -0.39 is 0 Å². The third-order valence-corrected chi connectivity index (χ3v) is 4.99. The fourth-order valence-electron chi connectivity index (χ4n) is 2.05. The minimum absolute atomic E-state index is 0.0566. The van der Waals surface area contributed by atoms with E-state index in [1.807, 2.05) is 11.4 Å². The van der Waals surface area contributed by atoms with Gasteiger partial charge >= 0.3 is 0 Å². The monoisotopic (exact) mass is 294 g/mol. The zero-order valence-electron chi connectivity index (χ0n) is 10.6. The van der Waals surface area contributed by atoms with Crippen LogP contribution in [0.2, 0.25) is 0 Å². The van der Waals surface area contributed by atoms with E-state index in [2.05, 4.69) is 17.2 Å². The van der Waals surface area contributed by atoms with E-state index in [-0.39, 0.29) is 5.91 Å². The molecule has 1 N–H and O–H groups in total. The number of amides is 1. The van der Waals surface area contributed by atoms with E-state index >= 15 is 0 Å². The quantitative estimate of drug-likeness (QED) is 0.946. The highest BCUT2D eigenvalue weighted by Crippen LogP contribution is 2.28. The van der Waals surface area contributed by atoms with Crippen molar-refractivity contribution in [1.29, 1.82) is 0 Å². The first kappa shape index (κ1) is 12.8. The first-order valence-corrected chi connectivity index (χ1v) is 7.91. The molecule has 3 heterocycles. The highest BCUT2D eigenvalue weighted by molar-refractivity contribution is 7.16. The summed E-state index contributed by atoms with van der Waals surface area (Å²) in [6.07, 6.45) is 1.70. The van der Waals surface area contributed by atoms with Crippen LogP contribution in [0.3, 0.4) is 0 Å². The molecular weight excluding hydrogens is 280 g/mol. The second-order valence-corrected chi connectivity index (χ2v) is 6.27. The Bertz CT molecular complexity index is 580. The van der Waals surface area contributed by atoms with Crippen LogP contribution in [0.4, 0.5) is 5.13 Å². The number of anilines is 1. The van der Waals surface area contributed by atoms with E-state index in [0.717, 1.165) is 40.5 Å². The maximum atomic E-state index is 12.2. The number of nitrogens with zero attached hydrogens (tertiary/aromatic N) is 1. The van der Waals surface area contributed by atoms with Crippen molar-refractivity contribution in [1.82, 2.24) is 4.98 Å². The van der Waals surface area contributed by atoms with E-state index in [9.17, 15) is 4.79 Å². The van der Waals surface area contributed by atoms with E-state index in [1.165, 1.54) is 22.7 Å². The van der Waals surface area contributed by atoms with Crippen LogP contribution in [0.25, 0.3) is 0 Å². The second-order valence-electron chi connectivity index (χ2n) is 4.27. The number of thiophene rings is 1. The lowest BCUT2D eigenvalue weighted by Gasteiger charge is -2.08. The third kappa shape index (κ3) is 2.56. The van der Waals surface area contributed by atoms with Crippen molar-refractivity contribution >= 4 is 33.7 Å². The lowest BCUT2D eigenvalue weighted by Crippen LogP contribution is -2.12. The molecule has 2 aromatic rings. The normalized spacial score (nSPS) is 14.2. The molecule has 0 saturated heterocycles. The summed E-state index contributed by atoms with van der Waals surface area (Å²) in [5.74, 6) is -0.0566. The molecule has 4 nitrogen and oxygen atoms in total. The SMILES string of the molecule is CCc1ccsc1C(=O)Nc1nc2c(s1)COCC2. The number of thiazole rings is 1. The van der Waals surface area contributed by atoms with Gasteiger partial charge in [-0.05, 0) is 23.4 Å². The topological polar surface area (TPSA) is 51.2 Å². The molecular formula is C13H14N2O2S2. The summed E-state index contributed by atoms with van der Waals surface area (Å²) >= 11 is 2.99. The van der Waals surface area contributed by atoms with Gasteiger partial charge in [-0.2, -0.15) is 0 Å². The molecule has 2 aromatic heterocycles. The van der Waals surface area contributed by atoms with Gasteiger partial charge in [0.05, 0.1) is 28.7 Å². The number of fused-ring (bicyclic) bond motifs is 1. The summed E-state index contributed by atoms with van der Waals surface area (Å²) in [7, 11) is 0. The first-order valence-electron chi connectivity index (χ1n) is 6.22. The minimum Gasteiger partial charge on any atom is -0.375 e. The van der Waals surface area contributed by atoms with Crippen LogP contribution >= 0.6 is 22.7 Å². The molecule has 1 aliphatic rings. The van der Waals surface area contributed by atoms with Gasteiger partial charge < -0.3 is 4.74 Å². The maximum Gasteiger partial charge on any atom is 0.267 e. The lowest BCUT2D eigenvalue weighted by atomic mass is 10.2. The van der Waals surface area contributed by atoms with Crippen LogP contribution in [-0.2, 0) is 24.2 Å². The Morgan fingerprint density at radius 2 is 2.47 bits per heavy atom. The number of hydrogen-bond acceptors (Lipinski definition) is 5. The maximum absolute atomic E-state index is 12.2. The molecule has 0 atom stereocenters. The van der Waals surface area contributed by atoms with Gasteiger partial charge in [0.25, 0.3) is 5.91 Å². The predicted molar refractivity (Wildman–Crippen MR) is 77.1 cm³/mol. The van der Waals surface area contributed by atoms with Gasteiger partial charge in [0, 0.05) is 6.42 Å². The van der Waals surface area contributed by atoms with Gasteiger partial charge in [-0.15, -0.1) is 11.3 Å². The zero-order valence-corrected chi connectivity index (χ0v) is 12.2. The van der Waals surface area contributed by atoms with Crippen molar-refractivity contribution < 1.29 is 9.53 Å². The molecule has 0 bridgehead atoms. The number of aryl methyl sites for hydroxylation is 1. The van der Waals surface area contributed by atoms with E-state index in [4.69, 9.17) is 4.74 Å². The Kier molecular flexibility index (Phi) is 3.63. The number of hydrogen-bond donors (Lipinski definition) is 1. The number of carbonyl (C=O) groups is 1. The van der Waals surface area contributed by atoms with Crippen molar-refractivity contribution in [3.05, 3.63) is 32.5 Å². The Labute approximate surface area is 119 Å². The average Bonchev–Trinajstić information content (AvgIpc) is 3.03. The van der Waals surface area contributed by atoms with Crippen molar-refractivity contribution in [2.75, 3.05) is 11.9 Å². The molecule has 0 radical (unpaired) electrons. The summed E-state index contributed by atoms with van der Waals surface area (Å²) in [5.41, 5.74) is 2.15. The number of carbonyl (C=O) groups excluding carboxylic acids is 1. The summed E-state index contributed by atoms with van der Waals surface area (Å²) < 4.78 is 5.38. The Hall–Kier alpha value is -1.24. The molecule has 0 aliphatic carbocycles. The molecule has 19 heavy (non-hydrogen) atoms. The first-order chi connectivity index (χ1) is 9.28. The second kappa shape index (κ2) is 5.40. The molecule has 100 valence electrons. The number of aromatic nitrogens is 1. The fourth-order valence-corrected chi connectivity index (χ4v) is 3.88. The largest absolute Gasteiger partial charge is 0.375 e. The summed E-state index contributed by atoms with van der Waals surface area (Å²) in [6, 6.07) is 2.00. The Morgan fingerprint density at radius 1 is 1.58 bits per heavy atom. The van der Waals surface area contributed by atoms with Gasteiger partial charge in [0.2, 0.25) is 0 Å². The predicted octanol–water partition coefficient (Wildman–Crippen LogP) is 3.09. The fraction of sp³-hybridized carbons (Fsp3) is 0.385. The standard InChI is InChI=1S/C13H14N2O2S2/c1-2-8-4-6-18-11(8)12(16)15-13-14-9-3-5-17-7-10(9)19-13/h4,6H,2-3,5,7H2,1H3,(H,14,15,16). The van der Waals surface area contributed by atoms with Gasteiger partial charge in [-0.1, -0.05) is 18.3 Å². The molecule has 0 aromatic carbocycles. The lowest BCUT2D eigenvalue weighted by molar-refractivity contribution is 0.103. The Balaban J connectivity index is 1.78. The molecule has 0 unspecified atom stereocenters. The van der Waals surface area contributed by atoms with Crippen LogP contribution in [0.5, 0.6) is 0 Å². The molecule has 1 amide bonds. The molecule has 0 spiro atoms. The highest BCUT2D eigenvalue weighted by atomic mass is 32.1. The van der Waals surface area contributed by atoms with Gasteiger partial charge in [0.15, 0.2) is 5.13 Å². The Morgan fingerprint density at radius 3 is 3.26 bits per heavy atom. The van der Waals surface area contributed by atoms with Gasteiger partial charge in [-0.25, -0.2) is 4.98 Å². The van der Waals surface area contributed by atoms with Crippen molar-refractivity contribution in [2.45, 2.75) is 26.4 Å². The van der Waals surface area contributed by atoms with Crippen LogP contribution in [0, 0.1) is 0 Å². The third-order valence-electron chi connectivity index (χ3n) is 3.05. The van der Waals surface area contributed by atoms with Crippen LogP contribution in [-0.4, -0.2) is 17.5 Å². The number of nitrogens with one attached hydrogen (secondary N) is 1. The molecule has 0 fully saturated rings. The average molecular weight is 294 g/mol. The molecule has 6 heteroatoms. The van der Waals surface area contributed by atoms with Crippen LogP contribution < -0.4 is 5.32 Å². The highest BCUT2D eigenvalue weighted by Gasteiger charge is 2.18. The number of ether oxygens (including phenoxy) is 1. The molecule has 1 aliphatic heterocycles. The van der Waals surface area contributed by atoms with E-state index in [0.29, 0.717) is 11.7 Å². The van der Waals surface area contributed by atoms with Gasteiger partial charge in [-0.3, -0.25) is 10.1 Å². The molecule has 3 rings (SSSR count). The van der Waals surface area contributed by atoms with Crippen LogP contribution in [0.1, 0.15) is 32.7 Å². The van der Waals surface area contributed by atoms with Crippen molar-refractivity contribution in [2.24, 2.45) is 0 Å². The zero-order chi connectivity index (χ0) is 13.2. The van der Waals surface area contributed by atoms with E-state index in [1.54, 1.807) is 0 Å². The summed E-state index contributed by atoms with van der Waals surface area (Å²) in [6.45, 7) is 3.38. The minimum atomic E-state index is -0.0566. The van der Waals surface area contributed by atoms with Crippen molar-refractivity contribution in [3.8, 4) is 0 Å².